The van der Waals surface area contributed by atoms with Crippen molar-refractivity contribution in [2.24, 2.45) is 0 Å². The lowest BCUT2D eigenvalue weighted by atomic mass is 10.1. The van der Waals surface area contributed by atoms with Gasteiger partial charge in [0.2, 0.25) is 3.79 Å². The molecule has 0 atom stereocenters. The third-order valence-electron chi connectivity index (χ3n) is 1.56. The van der Waals surface area contributed by atoms with Crippen LogP contribution >= 0.6 is 46.4 Å². The molecule has 0 amide bonds. The zero-order chi connectivity index (χ0) is 10.9. The molecule has 0 fully saturated rings. The van der Waals surface area contributed by atoms with Crippen LogP contribution in [0.3, 0.4) is 0 Å². The van der Waals surface area contributed by atoms with E-state index < -0.39 is 15.4 Å². The molecule has 0 radical (unpaired) electrons. The standard InChI is InChI=1S/C8H4Cl4F2/c9-3-4-1-5(13)2-6(7(4)14)8(10,11)12/h1-2H,3H2. The zero-order valence-electron chi connectivity index (χ0n) is 6.63. The normalized spacial score (nSPS) is 11.9. The van der Waals surface area contributed by atoms with Crippen molar-refractivity contribution in [3.05, 3.63) is 34.9 Å². The van der Waals surface area contributed by atoms with Crippen LogP contribution in [0.4, 0.5) is 8.78 Å². The van der Waals surface area contributed by atoms with Gasteiger partial charge in [0.1, 0.15) is 11.6 Å². The Kier molecular flexibility index (Phi) is 3.87. The number of alkyl halides is 4. The van der Waals surface area contributed by atoms with E-state index in [-0.39, 0.29) is 17.0 Å². The third-order valence-corrected chi connectivity index (χ3v) is 2.46. The molecule has 0 unspecified atom stereocenters. The highest BCUT2D eigenvalue weighted by Gasteiger charge is 2.28. The molecule has 0 aliphatic heterocycles. The van der Waals surface area contributed by atoms with Crippen LogP contribution < -0.4 is 0 Å². The number of halogens is 6. The lowest BCUT2D eigenvalue weighted by Crippen LogP contribution is -2.07. The summed E-state index contributed by atoms with van der Waals surface area (Å²) < 4.78 is 24.4. The van der Waals surface area contributed by atoms with Gasteiger partial charge >= 0.3 is 0 Å². The summed E-state index contributed by atoms with van der Waals surface area (Å²) in [6.45, 7) is 0. The van der Waals surface area contributed by atoms with E-state index in [2.05, 4.69) is 0 Å². The lowest BCUT2D eigenvalue weighted by Gasteiger charge is -2.14. The molecule has 14 heavy (non-hydrogen) atoms. The lowest BCUT2D eigenvalue weighted by molar-refractivity contribution is 0.578. The maximum absolute atomic E-state index is 13.4. The first-order chi connectivity index (χ1) is 6.36. The fourth-order valence-electron chi connectivity index (χ4n) is 0.949. The predicted molar refractivity (Wildman–Crippen MR) is 55.2 cm³/mol. The van der Waals surface area contributed by atoms with Gasteiger partial charge in [0.05, 0.1) is 5.88 Å². The molecule has 0 aliphatic rings. The smallest absolute Gasteiger partial charge is 0.207 e. The van der Waals surface area contributed by atoms with Crippen LogP contribution in [0.1, 0.15) is 11.1 Å². The minimum absolute atomic E-state index is 0.0343. The van der Waals surface area contributed by atoms with Crippen LogP contribution in [0.5, 0.6) is 0 Å². The molecule has 0 N–H and O–H groups in total. The summed E-state index contributed by atoms with van der Waals surface area (Å²) in [7, 11) is 0. The third kappa shape index (κ3) is 2.63. The molecule has 1 aromatic rings. The number of hydrogen-bond acceptors (Lipinski definition) is 0. The van der Waals surface area contributed by atoms with Gasteiger partial charge in [-0.2, -0.15) is 0 Å². The van der Waals surface area contributed by atoms with Crippen LogP contribution in [0.15, 0.2) is 12.1 Å². The van der Waals surface area contributed by atoms with Gasteiger partial charge in [0, 0.05) is 11.1 Å². The van der Waals surface area contributed by atoms with Crippen molar-refractivity contribution in [2.75, 3.05) is 0 Å². The molecule has 1 aromatic carbocycles. The summed E-state index contributed by atoms with van der Waals surface area (Å²) >= 11 is 21.7. The fourth-order valence-corrected chi connectivity index (χ4v) is 1.56. The van der Waals surface area contributed by atoms with Gasteiger partial charge in [-0.05, 0) is 12.1 Å². The molecule has 0 saturated carbocycles. The summed E-state index contributed by atoms with van der Waals surface area (Å²) in [5, 5.41) is 0. The Balaban J connectivity index is 3.37. The first kappa shape index (κ1) is 12.3. The number of hydrogen-bond donors (Lipinski definition) is 0. The van der Waals surface area contributed by atoms with E-state index in [1.165, 1.54) is 0 Å². The van der Waals surface area contributed by atoms with Crippen molar-refractivity contribution >= 4 is 46.4 Å². The Morgan fingerprint density at radius 1 is 1.14 bits per heavy atom. The topological polar surface area (TPSA) is 0 Å². The van der Waals surface area contributed by atoms with Crippen LogP contribution in [-0.4, -0.2) is 0 Å². The molecule has 0 heterocycles. The van der Waals surface area contributed by atoms with E-state index >= 15 is 0 Å². The molecule has 0 aromatic heterocycles. The first-order valence-corrected chi connectivity index (χ1v) is 5.14. The minimum atomic E-state index is -1.99. The molecule has 6 heteroatoms. The van der Waals surface area contributed by atoms with E-state index in [1.54, 1.807) is 0 Å². The Hall–Kier alpha value is 0.240. The maximum atomic E-state index is 13.4. The second kappa shape index (κ2) is 4.40. The molecule has 0 spiro atoms. The van der Waals surface area contributed by atoms with Gasteiger partial charge in [-0.15, -0.1) is 11.6 Å². The first-order valence-electron chi connectivity index (χ1n) is 3.47. The van der Waals surface area contributed by atoms with Crippen molar-refractivity contribution in [3.63, 3.8) is 0 Å². The Morgan fingerprint density at radius 2 is 1.71 bits per heavy atom. The quantitative estimate of drug-likeness (QED) is 0.663. The van der Waals surface area contributed by atoms with E-state index in [0.717, 1.165) is 12.1 Å². The summed E-state index contributed by atoms with van der Waals surface area (Å²) in [5.74, 6) is -1.66. The molecule has 78 valence electrons. The highest BCUT2D eigenvalue weighted by atomic mass is 35.6. The summed E-state index contributed by atoms with van der Waals surface area (Å²) in [6.07, 6.45) is 0. The average Bonchev–Trinajstić information content (AvgIpc) is 2.06. The zero-order valence-corrected chi connectivity index (χ0v) is 9.65. The monoisotopic (exact) mass is 278 g/mol. The van der Waals surface area contributed by atoms with Gasteiger partial charge in [-0.1, -0.05) is 34.8 Å². The van der Waals surface area contributed by atoms with Crippen LogP contribution in [0, 0.1) is 11.6 Å². The molecule has 0 saturated heterocycles. The van der Waals surface area contributed by atoms with Crippen molar-refractivity contribution < 1.29 is 8.78 Å². The van der Waals surface area contributed by atoms with Crippen LogP contribution in [-0.2, 0) is 9.67 Å². The van der Waals surface area contributed by atoms with Gasteiger partial charge < -0.3 is 0 Å². The van der Waals surface area contributed by atoms with E-state index in [9.17, 15) is 8.78 Å². The number of rotatable bonds is 1. The van der Waals surface area contributed by atoms with Crippen molar-refractivity contribution in [2.45, 2.75) is 9.67 Å². The summed E-state index contributed by atoms with van der Waals surface area (Å²) in [6, 6.07) is 1.79. The average molecular weight is 280 g/mol. The van der Waals surface area contributed by atoms with Gasteiger partial charge in [0.25, 0.3) is 0 Å². The molecular formula is C8H4Cl4F2. The predicted octanol–water partition coefficient (Wildman–Crippen LogP) is 4.53. The van der Waals surface area contributed by atoms with Gasteiger partial charge in [-0.25, -0.2) is 8.78 Å². The molecule has 1 rings (SSSR count). The van der Waals surface area contributed by atoms with Crippen LogP contribution in [0.25, 0.3) is 0 Å². The highest BCUT2D eigenvalue weighted by Crippen LogP contribution is 2.40. The fraction of sp³-hybridized carbons (Fsp3) is 0.250. The van der Waals surface area contributed by atoms with E-state index in [0.29, 0.717) is 0 Å². The van der Waals surface area contributed by atoms with Crippen molar-refractivity contribution in [3.8, 4) is 0 Å². The van der Waals surface area contributed by atoms with E-state index in [1.807, 2.05) is 0 Å². The molecule has 0 bridgehead atoms. The molecular weight excluding hydrogens is 276 g/mol. The number of benzene rings is 1. The van der Waals surface area contributed by atoms with Gasteiger partial charge in [0.15, 0.2) is 0 Å². The second-order valence-electron chi connectivity index (χ2n) is 2.56. The highest BCUT2D eigenvalue weighted by molar-refractivity contribution is 6.66. The Labute approximate surface area is 99.7 Å². The largest absolute Gasteiger partial charge is 0.218 e. The minimum Gasteiger partial charge on any atom is -0.207 e. The Bertz CT molecular complexity index is 346. The van der Waals surface area contributed by atoms with Crippen molar-refractivity contribution in [1.29, 1.82) is 0 Å². The SMILES string of the molecule is Fc1cc(CCl)c(F)c(C(Cl)(Cl)Cl)c1. The van der Waals surface area contributed by atoms with E-state index in [4.69, 9.17) is 46.4 Å². The van der Waals surface area contributed by atoms with Crippen molar-refractivity contribution in [1.82, 2.24) is 0 Å². The Morgan fingerprint density at radius 3 is 2.14 bits per heavy atom. The second-order valence-corrected chi connectivity index (χ2v) is 5.11. The maximum Gasteiger partial charge on any atom is 0.218 e. The summed E-state index contributed by atoms with van der Waals surface area (Å²) in [4.78, 5) is 0. The van der Waals surface area contributed by atoms with Crippen LogP contribution in [0.2, 0.25) is 0 Å². The molecule has 0 nitrogen and oxygen atoms in total. The molecule has 0 aliphatic carbocycles. The summed E-state index contributed by atoms with van der Waals surface area (Å²) in [5.41, 5.74) is -0.369. The van der Waals surface area contributed by atoms with Gasteiger partial charge in [-0.3, -0.25) is 0 Å².